The third-order valence-electron chi connectivity index (χ3n) is 4.37. The van der Waals surface area contributed by atoms with Crippen LogP contribution in [0, 0.1) is 17.3 Å². The van der Waals surface area contributed by atoms with E-state index in [1.54, 1.807) is 0 Å². The number of aromatic amines is 1. The lowest BCUT2D eigenvalue weighted by atomic mass is 9.48. The molecule has 15 heavy (non-hydrogen) atoms. The van der Waals surface area contributed by atoms with Gasteiger partial charge in [-0.05, 0) is 35.7 Å². The number of H-pyrrole nitrogens is 1. The molecule has 1 fully saturated rings. The van der Waals surface area contributed by atoms with Gasteiger partial charge in [-0.25, -0.2) is 4.98 Å². The Morgan fingerprint density at radius 3 is 2.87 bits per heavy atom. The number of fused-ring (bicyclic) bond motifs is 1. The second kappa shape index (κ2) is 2.65. The lowest BCUT2D eigenvalue weighted by Crippen LogP contribution is -2.47. The molecule has 0 saturated heterocycles. The molecule has 1 saturated carbocycles. The minimum Gasteiger partial charge on any atom is -0.369 e. The van der Waals surface area contributed by atoms with Gasteiger partial charge >= 0.3 is 0 Å². The van der Waals surface area contributed by atoms with Gasteiger partial charge in [0.15, 0.2) is 5.95 Å². The fraction of sp³-hybridized carbons (Fsp3) is 0.583. The molecule has 4 rings (SSSR count). The number of aromatic nitrogens is 2. The standard InChI is InChI=1S/C12H17N3/c1-12(2)7-3-4-8(9(12)5-7)10-6-14-11(13)15-10/h4,6-7,9H,3,5H2,1-2H3,(H3,13,14,15). The van der Waals surface area contributed by atoms with E-state index in [0.717, 1.165) is 11.6 Å². The molecule has 0 aromatic carbocycles. The first-order valence-corrected chi connectivity index (χ1v) is 5.60. The van der Waals surface area contributed by atoms with Crippen LogP contribution in [0.25, 0.3) is 5.57 Å². The Labute approximate surface area is 89.8 Å². The molecule has 2 atom stereocenters. The highest BCUT2D eigenvalue weighted by Crippen LogP contribution is 2.61. The average Bonchev–Trinajstić information content (AvgIpc) is 2.64. The van der Waals surface area contributed by atoms with Gasteiger partial charge in [-0.2, -0.15) is 0 Å². The van der Waals surface area contributed by atoms with Crippen molar-refractivity contribution >= 4 is 11.5 Å². The van der Waals surface area contributed by atoms with Crippen LogP contribution >= 0.6 is 0 Å². The molecule has 3 heteroatoms. The third kappa shape index (κ3) is 1.09. The molecule has 2 bridgehead atoms. The van der Waals surface area contributed by atoms with Gasteiger partial charge in [-0.3, -0.25) is 0 Å². The lowest BCUT2D eigenvalue weighted by molar-refractivity contribution is 0.0111. The molecule has 1 heterocycles. The Balaban J connectivity index is 1.98. The van der Waals surface area contributed by atoms with Crippen LogP contribution in [0.2, 0.25) is 0 Å². The van der Waals surface area contributed by atoms with Crippen molar-refractivity contribution in [3.63, 3.8) is 0 Å². The highest BCUT2D eigenvalue weighted by molar-refractivity contribution is 5.68. The molecule has 1 aromatic rings. The first kappa shape index (κ1) is 9.01. The van der Waals surface area contributed by atoms with E-state index in [1.807, 2.05) is 6.20 Å². The maximum absolute atomic E-state index is 5.62. The van der Waals surface area contributed by atoms with Crippen molar-refractivity contribution in [3.8, 4) is 0 Å². The Morgan fingerprint density at radius 1 is 1.53 bits per heavy atom. The molecule has 3 N–H and O–H groups in total. The number of hydrogen-bond acceptors (Lipinski definition) is 2. The molecule has 0 spiro atoms. The number of nitrogen functional groups attached to an aromatic ring is 1. The van der Waals surface area contributed by atoms with Crippen LogP contribution in [0.3, 0.4) is 0 Å². The van der Waals surface area contributed by atoms with Crippen LogP contribution in [-0.4, -0.2) is 9.97 Å². The zero-order valence-corrected chi connectivity index (χ0v) is 9.25. The number of imidazole rings is 1. The first-order chi connectivity index (χ1) is 7.09. The minimum atomic E-state index is 0.462. The van der Waals surface area contributed by atoms with E-state index in [-0.39, 0.29) is 0 Å². The molecular weight excluding hydrogens is 186 g/mol. The molecule has 3 aliphatic rings. The molecular formula is C12H17N3. The van der Waals surface area contributed by atoms with Crippen molar-refractivity contribution < 1.29 is 0 Å². The Morgan fingerprint density at radius 2 is 2.33 bits per heavy atom. The zero-order valence-electron chi connectivity index (χ0n) is 9.25. The van der Waals surface area contributed by atoms with Crippen LogP contribution in [0.15, 0.2) is 12.3 Å². The van der Waals surface area contributed by atoms with Gasteiger partial charge in [-0.1, -0.05) is 19.9 Å². The number of nitrogens with two attached hydrogens (primary N) is 1. The summed E-state index contributed by atoms with van der Waals surface area (Å²) < 4.78 is 0. The van der Waals surface area contributed by atoms with Gasteiger partial charge in [0.05, 0.1) is 11.9 Å². The monoisotopic (exact) mass is 203 g/mol. The summed E-state index contributed by atoms with van der Waals surface area (Å²) in [7, 11) is 0. The summed E-state index contributed by atoms with van der Waals surface area (Å²) in [5.74, 6) is 2.09. The Hall–Kier alpha value is -1.25. The first-order valence-electron chi connectivity index (χ1n) is 5.60. The van der Waals surface area contributed by atoms with Crippen molar-refractivity contribution in [2.24, 2.45) is 17.3 Å². The van der Waals surface area contributed by atoms with Crippen LogP contribution in [0.5, 0.6) is 0 Å². The van der Waals surface area contributed by atoms with Crippen molar-refractivity contribution in [2.75, 3.05) is 5.73 Å². The fourth-order valence-corrected chi connectivity index (χ4v) is 3.14. The number of nitrogens with one attached hydrogen (secondary N) is 1. The predicted octanol–water partition coefficient (Wildman–Crippen LogP) is 2.44. The van der Waals surface area contributed by atoms with Crippen molar-refractivity contribution in [2.45, 2.75) is 26.7 Å². The quantitative estimate of drug-likeness (QED) is 0.736. The molecule has 3 aliphatic carbocycles. The van der Waals surface area contributed by atoms with Gasteiger partial charge in [0.25, 0.3) is 0 Å². The summed E-state index contributed by atoms with van der Waals surface area (Å²) in [4.78, 5) is 7.21. The number of nitrogens with zero attached hydrogens (tertiary/aromatic N) is 1. The van der Waals surface area contributed by atoms with E-state index in [0.29, 0.717) is 17.3 Å². The van der Waals surface area contributed by atoms with Crippen molar-refractivity contribution in [1.82, 2.24) is 9.97 Å². The number of hydrogen-bond donors (Lipinski definition) is 2. The van der Waals surface area contributed by atoms with Gasteiger partial charge in [-0.15, -0.1) is 0 Å². The van der Waals surface area contributed by atoms with E-state index in [4.69, 9.17) is 5.73 Å². The Bertz CT molecular complexity index is 428. The molecule has 80 valence electrons. The minimum absolute atomic E-state index is 0.462. The van der Waals surface area contributed by atoms with E-state index in [9.17, 15) is 0 Å². The number of allylic oxidation sites excluding steroid dienone is 2. The maximum atomic E-state index is 5.62. The van der Waals surface area contributed by atoms with Crippen LogP contribution in [0.1, 0.15) is 32.4 Å². The maximum Gasteiger partial charge on any atom is 0.197 e. The van der Waals surface area contributed by atoms with E-state index in [2.05, 4.69) is 29.9 Å². The summed E-state index contributed by atoms with van der Waals surface area (Å²) in [6.07, 6.45) is 6.75. The summed E-state index contributed by atoms with van der Waals surface area (Å²) in [5.41, 5.74) is 8.62. The summed E-state index contributed by atoms with van der Waals surface area (Å²) in [6.45, 7) is 4.75. The highest BCUT2D eigenvalue weighted by Gasteiger charge is 2.51. The van der Waals surface area contributed by atoms with Crippen LogP contribution in [0.4, 0.5) is 5.95 Å². The van der Waals surface area contributed by atoms with E-state index < -0.39 is 0 Å². The van der Waals surface area contributed by atoms with Crippen molar-refractivity contribution in [1.29, 1.82) is 0 Å². The van der Waals surface area contributed by atoms with E-state index >= 15 is 0 Å². The number of anilines is 1. The van der Waals surface area contributed by atoms with Gasteiger partial charge in [0.2, 0.25) is 0 Å². The van der Waals surface area contributed by atoms with Gasteiger partial charge in [0, 0.05) is 0 Å². The molecule has 0 aliphatic heterocycles. The van der Waals surface area contributed by atoms with Crippen LogP contribution in [-0.2, 0) is 0 Å². The van der Waals surface area contributed by atoms with Crippen LogP contribution < -0.4 is 5.73 Å². The largest absolute Gasteiger partial charge is 0.369 e. The summed E-state index contributed by atoms with van der Waals surface area (Å²) >= 11 is 0. The smallest absolute Gasteiger partial charge is 0.197 e. The highest BCUT2D eigenvalue weighted by atomic mass is 15.0. The van der Waals surface area contributed by atoms with Crippen molar-refractivity contribution in [3.05, 3.63) is 18.0 Å². The Kier molecular flexibility index (Phi) is 1.59. The SMILES string of the molecule is CC1(C)C2CC=C(c3cnc(N)[nH]3)C1C2. The van der Waals surface area contributed by atoms with Gasteiger partial charge < -0.3 is 10.7 Å². The second-order valence-electron chi connectivity index (χ2n) is 5.38. The number of rotatable bonds is 1. The predicted molar refractivity (Wildman–Crippen MR) is 61.0 cm³/mol. The summed E-state index contributed by atoms with van der Waals surface area (Å²) in [6, 6.07) is 0. The average molecular weight is 203 g/mol. The van der Waals surface area contributed by atoms with E-state index in [1.165, 1.54) is 18.4 Å². The third-order valence-corrected chi connectivity index (χ3v) is 4.37. The second-order valence-corrected chi connectivity index (χ2v) is 5.38. The topological polar surface area (TPSA) is 54.7 Å². The molecule has 3 nitrogen and oxygen atoms in total. The fourth-order valence-electron chi connectivity index (χ4n) is 3.14. The lowest BCUT2D eigenvalue weighted by Gasteiger charge is -2.56. The molecule has 0 radical (unpaired) electrons. The molecule has 2 unspecified atom stereocenters. The summed E-state index contributed by atoms with van der Waals surface area (Å²) in [5, 5.41) is 0. The molecule has 0 amide bonds. The normalized spacial score (nSPS) is 32.0. The zero-order chi connectivity index (χ0) is 10.6. The van der Waals surface area contributed by atoms with Gasteiger partial charge in [0.1, 0.15) is 0 Å². The molecule has 1 aromatic heterocycles.